The van der Waals surface area contributed by atoms with Crippen molar-refractivity contribution in [2.45, 2.75) is 85.4 Å². The molecule has 192 valence electrons. The van der Waals surface area contributed by atoms with Crippen LogP contribution in [0.25, 0.3) is 16.7 Å². The molecule has 5 heterocycles. The van der Waals surface area contributed by atoms with Crippen molar-refractivity contribution in [2.75, 3.05) is 0 Å². The molecule has 4 aromatic heterocycles. The molecule has 1 fully saturated rings. The average molecular weight is 601 g/mol. The lowest BCUT2D eigenvalue weighted by molar-refractivity contribution is 0.00578. The lowest BCUT2D eigenvalue weighted by Crippen LogP contribution is -2.41. The highest BCUT2D eigenvalue weighted by molar-refractivity contribution is 14.1. The lowest BCUT2D eigenvalue weighted by atomic mass is 9.84. The van der Waals surface area contributed by atoms with E-state index in [0.29, 0.717) is 5.92 Å². The fourth-order valence-electron chi connectivity index (χ4n) is 4.65. The van der Waals surface area contributed by atoms with E-state index in [2.05, 4.69) is 104 Å². The quantitative estimate of drug-likeness (QED) is 0.221. The number of pyridine rings is 1. The van der Waals surface area contributed by atoms with Crippen LogP contribution in [0.5, 0.6) is 0 Å². The Hall–Kier alpha value is -1.98. The Bertz CT molecular complexity index is 1370. The van der Waals surface area contributed by atoms with Crippen molar-refractivity contribution in [3.8, 4) is 0 Å². The van der Waals surface area contributed by atoms with Crippen molar-refractivity contribution in [3.05, 3.63) is 51.1 Å². The third-order valence-electron chi connectivity index (χ3n) is 7.58. The molecule has 7 nitrogen and oxygen atoms in total. The van der Waals surface area contributed by atoms with E-state index in [1.54, 1.807) is 6.20 Å². The van der Waals surface area contributed by atoms with Crippen molar-refractivity contribution in [1.82, 2.24) is 24.1 Å². The second kappa shape index (κ2) is 10.1. The van der Waals surface area contributed by atoms with E-state index >= 15 is 0 Å². The number of hydrogen-bond donors (Lipinski definition) is 0. The van der Waals surface area contributed by atoms with Gasteiger partial charge in [0.15, 0.2) is 5.65 Å². The summed E-state index contributed by atoms with van der Waals surface area (Å²) < 4.78 is 17.3. The van der Waals surface area contributed by atoms with Crippen LogP contribution in [0.4, 0.5) is 0 Å². The summed E-state index contributed by atoms with van der Waals surface area (Å²) in [6.45, 7) is 16.8. The summed E-state index contributed by atoms with van der Waals surface area (Å²) in [6.07, 6.45) is 4.10. The van der Waals surface area contributed by atoms with Crippen molar-refractivity contribution in [2.24, 2.45) is 7.05 Å². The van der Waals surface area contributed by atoms with Gasteiger partial charge < -0.3 is 13.9 Å². The van der Waals surface area contributed by atoms with Crippen LogP contribution in [0.1, 0.15) is 77.3 Å². The van der Waals surface area contributed by atoms with Crippen LogP contribution in [0, 0.1) is 17.5 Å². The van der Waals surface area contributed by atoms with Crippen LogP contribution >= 0.6 is 22.6 Å². The van der Waals surface area contributed by atoms with Gasteiger partial charge in [-0.25, -0.2) is 14.5 Å². The fraction of sp³-hybridized carbons (Fsp3) is 0.519. The topological polar surface area (TPSA) is 66.5 Å². The first-order valence-electron chi connectivity index (χ1n) is 12.7. The van der Waals surface area contributed by atoms with Gasteiger partial charge in [0.05, 0.1) is 28.2 Å². The second-order valence-electron chi connectivity index (χ2n) is 10.6. The molecule has 0 aromatic carbocycles. The van der Waals surface area contributed by atoms with E-state index < -0.39 is 0 Å². The van der Waals surface area contributed by atoms with Gasteiger partial charge in [0.25, 0.3) is 0 Å². The van der Waals surface area contributed by atoms with Crippen molar-refractivity contribution < 1.29 is 9.31 Å². The highest BCUT2D eigenvalue weighted by Gasteiger charge is 2.52. The molecule has 5 rings (SSSR count). The van der Waals surface area contributed by atoms with E-state index in [0.717, 1.165) is 50.2 Å². The number of rotatable bonds is 4. The molecule has 1 aliphatic heterocycles. The predicted molar refractivity (Wildman–Crippen MR) is 155 cm³/mol. The molecule has 36 heavy (non-hydrogen) atoms. The van der Waals surface area contributed by atoms with Crippen LogP contribution in [-0.2, 0) is 16.4 Å². The molecular formula is C27H37BIN5O2. The molecule has 0 bridgehead atoms. The molecule has 0 N–H and O–H groups in total. The first-order valence-corrected chi connectivity index (χ1v) is 13.8. The SMILES string of the molecule is CCC(CC)c1cc(C)nn2c(I)c(C)nc12.Cn1c(B2OC(C)(C)C(C)(C)O2)cc2cccnc21. The van der Waals surface area contributed by atoms with Gasteiger partial charge >= 0.3 is 7.12 Å². The first-order chi connectivity index (χ1) is 16.9. The Morgan fingerprint density at radius 3 is 2.25 bits per heavy atom. The molecule has 0 aliphatic carbocycles. The summed E-state index contributed by atoms with van der Waals surface area (Å²) in [7, 11) is 1.65. The lowest BCUT2D eigenvalue weighted by Gasteiger charge is -2.32. The summed E-state index contributed by atoms with van der Waals surface area (Å²) >= 11 is 2.32. The molecule has 1 aliphatic rings. The van der Waals surface area contributed by atoms with Crippen molar-refractivity contribution in [1.29, 1.82) is 0 Å². The summed E-state index contributed by atoms with van der Waals surface area (Å²) in [6, 6.07) is 8.27. The second-order valence-corrected chi connectivity index (χ2v) is 11.6. The Morgan fingerprint density at radius 1 is 1.03 bits per heavy atom. The molecule has 0 unspecified atom stereocenters. The van der Waals surface area contributed by atoms with Gasteiger partial charge in [-0.2, -0.15) is 5.10 Å². The van der Waals surface area contributed by atoms with Gasteiger partial charge in [0.1, 0.15) is 9.35 Å². The zero-order chi connectivity index (χ0) is 26.4. The summed E-state index contributed by atoms with van der Waals surface area (Å²) in [4.78, 5) is 9.06. The third kappa shape index (κ3) is 4.81. The number of imidazole rings is 1. The molecule has 0 amide bonds. The normalized spacial score (nSPS) is 16.7. The predicted octanol–water partition coefficient (Wildman–Crippen LogP) is 5.73. The zero-order valence-electron chi connectivity index (χ0n) is 22.9. The summed E-state index contributed by atoms with van der Waals surface area (Å²) in [5.41, 5.74) is 5.83. The maximum atomic E-state index is 6.09. The molecular weight excluding hydrogens is 564 g/mol. The van der Waals surface area contributed by atoms with Crippen molar-refractivity contribution in [3.63, 3.8) is 0 Å². The minimum atomic E-state index is -0.343. The zero-order valence-corrected chi connectivity index (χ0v) is 25.0. The van der Waals surface area contributed by atoms with Gasteiger partial charge in [0, 0.05) is 24.2 Å². The van der Waals surface area contributed by atoms with E-state index in [1.807, 2.05) is 29.1 Å². The van der Waals surface area contributed by atoms with Gasteiger partial charge in [-0.3, -0.25) is 0 Å². The molecule has 0 saturated carbocycles. The van der Waals surface area contributed by atoms with Gasteiger partial charge in [-0.05, 0) is 107 Å². The number of aryl methyl sites for hydroxylation is 3. The average Bonchev–Trinajstić information content (AvgIpc) is 3.38. The van der Waals surface area contributed by atoms with E-state index in [1.165, 1.54) is 5.56 Å². The standard InChI is InChI=1S/C14H19BN2O2.C13H18IN3/c1-13(2)14(3,4)19-15(18-13)11-9-10-7-6-8-16-12(10)17(11)5;1-5-10(6-2)11-7-8(3)16-17-12(14)9(4)15-13(11)17/h6-9H,1-5H3;7,10H,5-6H2,1-4H3. The highest BCUT2D eigenvalue weighted by atomic mass is 127. The first kappa shape index (κ1) is 27.1. The molecule has 0 spiro atoms. The van der Waals surface area contributed by atoms with Crippen LogP contribution in [-0.4, -0.2) is 42.5 Å². The summed E-state index contributed by atoms with van der Waals surface area (Å²) in [5, 5.41) is 5.66. The molecule has 0 radical (unpaired) electrons. The number of halogens is 1. The highest BCUT2D eigenvalue weighted by Crippen LogP contribution is 2.36. The number of hydrogen-bond acceptors (Lipinski definition) is 5. The van der Waals surface area contributed by atoms with Gasteiger partial charge in [-0.15, -0.1) is 0 Å². The fourth-order valence-corrected chi connectivity index (χ4v) is 5.11. The Kier molecular flexibility index (Phi) is 7.56. The number of nitrogens with zero attached hydrogens (tertiary/aromatic N) is 5. The van der Waals surface area contributed by atoms with Crippen molar-refractivity contribution >= 4 is 52.0 Å². The molecule has 9 heteroatoms. The van der Waals surface area contributed by atoms with E-state index in [-0.39, 0.29) is 18.3 Å². The molecule has 0 atom stereocenters. The monoisotopic (exact) mass is 601 g/mol. The van der Waals surface area contributed by atoms with E-state index in [9.17, 15) is 0 Å². The number of aromatic nitrogens is 5. The van der Waals surface area contributed by atoms with E-state index in [4.69, 9.17) is 9.31 Å². The Balaban J connectivity index is 0.000000170. The third-order valence-corrected chi connectivity index (χ3v) is 8.82. The van der Waals surface area contributed by atoms with Crippen LogP contribution in [0.15, 0.2) is 30.5 Å². The molecule has 4 aromatic rings. The number of fused-ring (bicyclic) bond motifs is 2. The molecule has 1 saturated heterocycles. The maximum absolute atomic E-state index is 6.09. The minimum Gasteiger partial charge on any atom is -0.398 e. The van der Waals surface area contributed by atoms with Crippen LogP contribution < -0.4 is 5.59 Å². The van der Waals surface area contributed by atoms with Crippen LogP contribution in [0.2, 0.25) is 0 Å². The Morgan fingerprint density at radius 2 is 1.67 bits per heavy atom. The maximum Gasteiger partial charge on any atom is 0.512 e. The largest absolute Gasteiger partial charge is 0.512 e. The van der Waals surface area contributed by atoms with Gasteiger partial charge in [-0.1, -0.05) is 13.8 Å². The smallest absolute Gasteiger partial charge is 0.398 e. The van der Waals surface area contributed by atoms with Crippen LogP contribution in [0.3, 0.4) is 0 Å². The Labute approximate surface area is 228 Å². The van der Waals surface area contributed by atoms with Gasteiger partial charge in [0.2, 0.25) is 0 Å². The minimum absolute atomic E-state index is 0.318. The summed E-state index contributed by atoms with van der Waals surface area (Å²) in [5.74, 6) is 0.580.